The second-order valence-corrected chi connectivity index (χ2v) is 6.67. The van der Waals surface area contributed by atoms with Crippen molar-refractivity contribution in [1.29, 1.82) is 0 Å². The predicted octanol–water partition coefficient (Wildman–Crippen LogP) is 2.17. The van der Waals surface area contributed by atoms with Crippen LogP contribution in [0.15, 0.2) is 12.2 Å². The summed E-state index contributed by atoms with van der Waals surface area (Å²) in [5.74, 6) is -0.898. The Morgan fingerprint density at radius 2 is 1.24 bits per heavy atom. The lowest BCUT2D eigenvalue weighted by atomic mass is 9.42. The van der Waals surface area contributed by atoms with E-state index in [-0.39, 0.29) is 46.4 Å². The molecule has 1 saturated carbocycles. The summed E-state index contributed by atoms with van der Waals surface area (Å²) in [6, 6.07) is 0. The van der Waals surface area contributed by atoms with Crippen molar-refractivity contribution in [2.75, 3.05) is 0 Å². The Morgan fingerprint density at radius 1 is 0.882 bits per heavy atom. The van der Waals surface area contributed by atoms with E-state index in [1.165, 1.54) is 0 Å². The minimum atomic E-state index is -0.317. The summed E-state index contributed by atoms with van der Waals surface area (Å²) in [6.07, 6.45) is 4.24. The van der Waals surface area contributed by atoms with Crippen molar-refractivity contribution in [3.8, 4) is 0 Å². The van der Waals surface area contributed by atoms with Gasteiger partial charge in [0, 0.05) is 0 Å². The summed E-state index contributed by atoms with van der Waals surface area (Å²) in [6.45, 7) is 8.78. The first kappa shape index (κ1) is 11.0. The van der Waals surface area contributed by atoms with Crippen LogP contribution in [0.1, 0.15) is 27.7 Å². The number of fused-ring (bicyclic) bond motifs is 1. The number of hydrogen-bond donors (Lipinski definition) is 0. The second kappa shape index (κ2) is 2.82. The molecule has 4 atom stereocenters. The van der Waals surface area contributed by atoms with E-state index in [1.54, 1.807) is 0 Å². The minimum Gasteiger partial charge on any atom is -0.393 e. The molecule has 0 aromatic rings. The lowest BCUT2D eigenvalue weighted by Crippen LogP contribution is -2.58. The fourth-order valence-corrected chi connectivity index (χ4v) is 3.99. The number of ether oxygens (including phenoxy) is 1. The quantitative estimate of drug-likeness (QED) is 0.366. The summed E-state index contributed by atoms with van der Waals surface area (Å²) >= 11 is 0. The topological polar surface area (TPSA) is 43.4 Å². The van der Waals surface area contributed by atoms with E-state index in [0.29, 0.717) is 0 Å². The molecule has 1 saturated heterocycles. The highest BCUT2D eigenvalue weighted by atomic mass is 16.6. The van der Waals surface area contributed by atoms with Gasteiger partial charge in [0.1, 0.15) is 0 Å². The van der Waals surface area contributed by atoms with Gasteiger partial charge < -0.3 is 4.74 Å². The van der Waals surface area contributed by atoms with Gasteiger partial charge in [-0.1, -0.05) is 39.8 Å². The number of carbonyl (C=O) groups is 2. The summed E-state index contributed by atoms with van der Waals surface area (Å²) in [7, 11) is 0. The smallest absolute Gasteiger partial charge is 0.318 e. The maximum atomic E-state index is 11.8. The summed E-state index contributed by atoms with van der Waals surface area (Å²) in [5.41, 5.74) is 0.0223. The lowest BCUT2D eigenvalue weighted by molar-refractivity contribution is -0.154. The first-order valence-corrected chi connectivity index (χ1v) is 6.22. The monoisotopic (exact) mass is 234 g/mol. The van der Waals surface area contributed by atoms with E-state index in [9.17, 15) is 9.59 Å². The van der Waals surface area contributed by atoms with Gasteiger partial charge in [-0.2, -0.15) is 0 Å². The molecule has 0 amide bonds. The van der Waals surface area contributed by atoms with Crippen LogP contribution >= 0.6 is 0 Å². The maximum Gasteiger partial charge on any atom is 0.318 e. The first-order valence-electron chi connectivity index (χ1n) is 6.22. The van der Waals surface area contributed by atoms with Crippen LogP contribution in [0.2, 0.25) is 0 Å². The first-order chi connectivity index (χ1) is 7.78. The molecule has 17 heavy (non-hydrogen) atoms. The number of carbonyl (C=O) groups excluding carboxylic acids is 2. The van der Waals surface area contributed by atoms with E-state index < -0.39 is 0 Å². The van der Waals surface area contributed by atoms with Crippen LogP contribution in [0.25, 0.3) is 0 Å². The second-order valence-electron chi connectivity index (χ2n) is 6.67. The summed E-state index contributed by atoms with van der Waals surface area (Å²) in [4.78, 5) is 23.7. The standard InChI is InChI=1S/C14H18O3/c1-13(2)7-5-6-8(14(13,3)4)10-9(7)11(15)17-12(10)16/h5-10H,1-4H3. The van der Waals surface area contributed by atoms with Gasteiger partial charge in [0.2, 0.25) is 0 Å². The third-order valence-electron chi connectivity index (χ3n) is 5.76. The van der Waals surface area contributed by atoms with E-state index in [0.717, 1.165) is 0 Å². The molecular weight excluding hydrogens is 216 g/mol. The van der Waals surface area contributed by atoms with Crippen molar-refractivity contribution in [1.82, 2.24) is 0 Å². The van der Waals surface area contributed by atoms with Crippen LogP contribution in [-0.2, 0) is 14.3 Å². The Hall–Kier alpha value is -1.12. The van der Waals surface area contributed by atoms with Gasteiger partial charge in [0.25, 0.3) is 0 Å². The van der Waals surface area contributed by atoms with Gasteiger partial charge in [-0.05, 0) is 22.7 Å². The van der Waals surface area contributed by atoms with Crippen molar-refractivity contribution < 1.29 is 14.3 Å². The highest BCUT2D eigenvalue weighted by molar-refractivity contribution is 5.97. The van der Waals surface area contributed by atoms with Gasteiger partial charge in [-0.15, -0.1) is 0 Å². The Kier molecular flexibility index (Phi) is 1.82. The minimum absolute atomic E-state index is 0.0111. The Bertz CT molecular complexity index is 404. The highest BCUT2D eigenvalue weighted by Gasteiger charge is 2.66. The van der Waals surface area contributed by atoms with Crippen molar-refractivity contribution in [2.24, 2.45) is 34.5 Å². The van der Waals surface area contributed by atoms with Crippen molar-refractivity contribution in [3.63, 3.8) is 0 Å². The Balaban J connectivity index is 2.18. The zero-order valence-corrected chi connectivity index (χ0v) is 10.7. The van der Waals surface area contributed by atoms with Crippen molar-refractivity contribution in [3.05, 3.63) is 12.2 Å². The van der Waals surface area contributed by atoms with Gasteiger partial charge in [0.05, 0.1) is 11.8 Å². The molecule has 3 heteroatoms. The molecule has 0 N–H and O–H groups in total. The fraction of sp³-hybridized carbons (Fsp3) is 0.714. The number of hydrogen-bond acceptors (Lipinski definition) is 3. The number of rotatable bonds is 0. The molecular formula is C14H18O3. The number of allylic oxidation sites excluding steroid dienone is 2. The molecule has 3 aliphatic carbocycles. The molecule has 4 unspecified atom stereocenters. The molecule has 4 rings (SSSR count). The predicted molar refractivity (Wildman–Crippen MR) is 61.8 cm³/mol. The van der Waals surface area contributed by atoms with Gasteiger partial charge in [0.15, 0.2) is 0 Å². The average molecular weight is 234 g/mol. The Labute approximate surface area is 101 Å². The molecule has 2 bridgehead atoms. The third kappa shape index (κ3) is 1.03. The molecule has 2 fully saturated rings. The van der Waals surface area contributed by atoms with E-state index in [1.807, 2.05) is 0 Å². The summed E-state index contributed by atoms with van der Waals surface area (Å²) in [5, 5.41) is 0. The van der Waals surface area contributed by atoms with Crippen LogP contribution in [0.3, 0.4) is 0 Å². The lowest BCUT2D eigenvalue weighted by Gasteiger charge is -2.59. The van der Waals surface area contributed by atoms with E-state index >= 15 is 0 Å². The van der Waals surface area contributed by atoms with Gasteiger partial charge in [-0.3, -0.25) is 9.59 Å². The molecule has 0 aromatic heterocycles. The fourth-order valence-electron chi connectivity index (χ4n) is 3.99. The molecule has 1 heterocycles. The van der Waals surface area contributed by atoms with Crippen LogP contribution in [0.4, 0.5) is 0 Å². The molecule has 92 valence electrons. The number of esters is 2. The van der Waals surface area contributed by atoms with E-state index in [4.69, 9.17) is 4.74 Å². The summed E-state index contributed by atoms with van der Waals surface area (Å²) < 4.78 is 4.86. The van der Waals surface area contributed by atoms with Gasteiger partial charge in [-0.25, -0.2) is 0 Å². The number of cyclic esters (lactones) is 2. The largest absolute Gasteiger partial charge is 0.393 e. The molecule has 1 aliphatic heterocycles. The molecule has 3 nitrogen and oxygen atoms in total. The molecule has 4 aliphatic rings. The van der Waals surface area contributed by atoms with Gasteiger partial charge >= 0.3 is 11.9 Å². The van der Waals surface area contributed by atoms with Crippen LogP contribution in [0.5, 0.6) is 0 Å². The van der Waals surface area contributed by atoms with Crippen LogP contribution < -0.4 is 0 Å². The third-order valence-corrected chi connectivity index (χ3v) is 5.76. The molecule has 0 aromatic carbocycles. The zero-order valence-electron chi connectivity index (χ0n) is 10.7. The molecule has 0 spiro atoms. The van der Waals surface area contributed by atoms with Crippen LogP contribution in [0, 0.1) is 34.5 Å². The normalized spacial score (nSPS) is 44.7. The van der Waals surface area contributed by atoms with E-state index in [2.05, 4.69) is 39.8 Å². The Morgan fingerprint density at radius 3 is 1.59 bits per heavy atom. The van der Waals surface area contributed by atoms with Crippen LogP contribution in [-0.4, -0.2) is 11.9 Å². The average Bonchev–Trinajstić information content (AvgIpc) is 2.52. The highest BCUT2D eigenvalue weighted by Crippen LogP contribution is 2.65. The molecule has 0 radical (unpaired) electrons. The van der Waals surface area contributed by atoms with Crippen molar-refractivity contribution >= 4 is 11.9 Å². The maximum absolute atomic E-state index is 11.8. The van der Waals surface area contributed by atoms with Crippen molar-refractivity contribution in [2.45, 2.75) is 27.7 Å². The SMILES string of the molecule is CC1(C)C2C=CC(C3C(=O)OC(=O)C32)C1(C)C. The zero-order chi connectivity index (χ0) is 12.6.